The van der Waals surface area contributed by atoms with Gasteiger partial charge in [-0.1, -0.05) is 33.6 Å². The minimum Gasteiger partial charge on any atom is -0.379 e. The lowest BCUT2D eigenvalue weighted by molar-refractivity contribution is 0.102. The lowest BCUT2D eigenvalue weighted by atomic mass is 10.1. The van der Waals surface area contributed by atoms with E-state index in [0.717, 1.165) is 5.56 Å². The minimum atomic E-state index is -3.86. The van der Waals surface area contributed by atoms with E-state index in [1.54, 1.807) is 12.1 Å². The molecule has 0 saturated carbocycles. The monoisotopic (exact) mass is 368 g/mol. The molecule has 0 N–H and O–H groups in total. The summed E-state index contributed by atoms with van der Waals surface area (Å²) >= 11 is 3.08. The molecule has 0 radical (unpaired) electrons. The number of ketones is 1. The number of aryl methyl sites for hydroxylation is 1. The first-order valence-electron chi connectivity index (χ1n) is 6.13. The van der Waals surface area contributed by atoms with Crippen LogP contribution in [0.1, 0.15) is 15.9 Å². The Kier molecular flexibility index (Phi) is 4.80. The van der Waals surface area contributed by atoms with Crippen molar-refractivity contribution in [1.82, 2.24) is 0 Å². The van der Waals surface area contributed by atoms with Crippen LogP contribution in [-0.2, 0) is 10.1 Å². The molecule has 0 unspecified atom stereocenters. The van der Waals surface area contributed by atoms with E-state index in [4.69, 9.17) is 4.18 Å². The molecule has 21 heavy (non-hydrogen) atoms. The summed E-state index contributed by atoms with van der Waals surface area (Å²) in [7, 11) is -3.86. The van der Waals surface area contributed by atoms with Gasteiger partial charge in [0.1, 0.15) is 10.6 Å². The second kappa shape index (κ2) is 6.41. The fourth-order valence-electron chi connectivity index (χ4n) is 1.65. The Morgan fingerprint density at radius 1 is 1.05 bits per heavy atom. The van der Waals surface area contributed by atoms with Crippen molar-refractivity contribution in [2.75, 3.05) is 5.33 Å². The van der Waals surface area contributed by atoms with Gasteiger partial charge in [-0.2, -0.15) is 8.42 Å². The highest BCUT2D eigenvalue weighted by atomic mass is 79.9. The molecule has 0 heterocycles. The summed E-state index contributed by atoms with van der Waals surface area (Å²) in [6.45, 7) is 1.87. The molecular weight excluding hydrogens is 356 g/mol. The van der Waals surface area contributed by atoms with Crippen LogP contribution >= 0.6 is 15.9 Å². The van der Waals surface area contributed by atoms with Gasteiger partial charge < -0.3 is 4.18 Å². The molecule has 0 aliphatic carbocycles. The SMILES string of the molecule is Cc1ccc(S(=O)(=O)Oc2ccc(C(=O)CBr)cc2)cc1. The number of carbonyl (C=O) groups excluding carboxylic acids is 1. The summed E-state index contributed by atoms with van der Waals surface area (Å²) in [4.78, 5) is 11.5. The number of halogens is 1. The quantitative estimate of drug-likeness (QED) is 0.461. The number of benzene rings is 2. The molecule has 2 aromatic rings. The highest BCUT2D eigenvalue weighted by Crippen LogP contribution is 2.20. The van der Waals surface area contributed by atoms with Gasteiger partial charge in [0.2, 0.25) is 0 Å². The zero-order valence-electron chi connectivity index (χ0n) is 11.2. The zero-order valence-corrected chi connectivity index (χ0v) is 13.6. The molecule has 0 fully saturated rings. The molecule has 0 aromatic heterocycles. The van der Waals surface area contributed by atoms with Gasteiger partial charge in [-0.15, -0.1) is 0 Å². The third-order valence-corrected chi connectivity index (χ3v) is 4.58. The van der Waals surface area contributed by atoms with Crippen LogP contribution in [-0.4, -0.2) is 19.5 Å². The predicted molar refractivity (Wildman–Crippen MR) is 83.6 cm³/mol. The second-order valence-corrected chi connectivity index (χ2v) is 6.54. The Morgan fingerprint density at radius 3 is 2.14 bits per heavy atom. The standard InChI is InChI=1S/C15H13BrO4S/c1-11-2-8-14(9-3-11)21(18,19)20-13-6-4-12(5-7-13)15(17)10-16/h2-9H,10H2,1H3. The summed E-state index contributed by atoms with van der Waals surface area (Å²) in [5.74, 6) is 0.0876. The van der Waals surface area contributed by atoms with E-state index < -0.39 is 10.1 Å². The predicted octanol–water partition coefficient (Wildman–Crippen LogP) is 3.34. The fourth-order valence-corrected chi connectivity index (χ4v) is 2.91. The van der Waals surface area contributed by atoms with E-state index in [1.807, 2.05) is 6.92 Å². The third-order valence-electron chi connectivity index (χ3n) is 2.81. The summed E-state index contributed by atoms with van der Waals surface area (Å²) < 4.78 is 29.2. The molecule has 2 aromatic carbocycles. The largest absolute Gasteiger partial charge is 0.379 e. The minimum absolute atomic E-state index is 0.0806. The average molecular weight is 369 g/mol. The summed E-state index contributed by atoms with van der Waals surface area (Å²) in [5, 5.41) is 0.217. The van der Waals surface area contributed by atoms with Crippen LogP contribution < -0.4 is 4.18 Å². The molecule has 0 amide bonds. The first-order chi connectivity index (χ1) is 9.92. The first kappa shape index (κ1) is 15.7. The van der Waals surface area contributed by atoms with Crippen molar-refractivity contribution in [3.05, 3.63) is 59.7 Å². The molecule has 0 aliphatic rings. The Hall–Kier alpha value is -1.66. The van der Waals surface area contributed by atoms with Crippen LogP contribution in [0.15, 0.2) is 53.4 Å². The molecule has 0 saturated heterocycles. The molecule has 2 rings (SSSR count). The molecule has 0 bridgehead atoms. The summed E-state index contributed by atoms with van der Waals surface area (Å²) in [5.41, 5.74) is 1.46. The summed E-state index contributed by atoms with van der Waals surface area (Å²) in [6.07, 6.45) is 0. The highest BCUT2D eigenvalue weighted by molar-refractivity contribution is 9.09. The van der Waals surface area contributed by atoms with Gasteiger partial charge in [0.25, 0.3) is 0 Å². The lowest BCUT2D eigenvalue weighted by Gasteiger charge is -2.07. The average Bonchev–Trinajstić information content (AvgIpc) is 2.47. The van der Waals surface area contributed by atoms with Gasteiger partial charge in [-0.05, 0) is 43.3 Å². The fraction of sp³-hybridized carbons (Fsp3) is 0.133. The van der Waals surface area contributed by atoms with Gasteiger partial charge in [-0.25, -0.2) is 0 Å². The Bertz CT molecular complexity index is 734. The molecule has 0 spiro atoms. The highest BCUT2D eigenvalue weighted by Gasteiger charge is 2.16. The Labute approximate surface area is 132 Å². The van der Waals surface area contributed by atoms with Crippen LogP contribution in [0.5, 0.6) is 5.75 Å². The van der Waals surface area contributed by atoms with Gasteiger partial charge in [-0.3, -0.25) is 4.79 Å². The van der Waals surface area contributed by atoms with E-state index >= 15 is 0 Å². The Balaban J connectivity index is 2.20. The topological polar surface area (TPSA) is 60.4 Å². The molecule has 0 atom stereocenters. The van der Waals surface area contributed by atoms with Crippen LogP contribution in [0.4, 0.5) is 0 Å². The molecule has 0 aliphatic heterocycles. The van der Waals surface area contributed by atoms with Crippen molar-refractivity contribution in [3.8, 4) is 5.75 Å². The van der Waals surface area contributed by atoms with Crippen molar-refractivity contribution in [2.24, 2.45) is 0 Å². The Morgan fingerprint density at radius 2 is 1.62 bits per heavy atom. The van der Waals surface area contributed by atoms with E-state index in [0.29, 0.717) is 5.56 Å². The summed E-state index contributed by atoms with van der Waals surface area (Å²) in [6, 6.07) is 12.4. The van der Waals surface area contributed by atoms with Crippen LogP contribution in [0, 0.1) is 6.92 Å². The van der Waals surface area contributed by atoms with E-state index in [1.165, 1.54) is 36.4 Å². The van der Waals surface area contributed by atoms with Gasteiger partial charge in [0, 0.05) is 5.56 Å². The number of alkyl halides is 1. The number of carbonyl (C=O) groups is 1. The van der Waals surface area contributed by atoms with E-state index in [2.05, 4.69) is 15.9 Å². The van der Waals surface area contributed by atoms with Crippen molar-refractivity contribution in [1.29, 1.82) is 0 Å². The second-order valence-electron chi connectivity index (χ2n) is 4.43. The third kappa shape index (κ3) is 3.92. The van der Waals surface area contributed by atoms with Crippen LogP contribution in [0.25, 0.3) is 0 Å². The van der Waals surface area contributed by atoms with E-state index in [9.17, 15) is 13.2 Å². The van der Waals surface area contributed by atoms with Gasteiger partial charge >= 0.3 is 10.1 Å². The van der Waals surface area contributed by atoms with Crippen LogP contribution in [0.3, 0.4) is 0 Å². The molecular formula is C15H13BrO4S. The maximum absolute atomic E-state index is 12.1. The maximum atomic E-state index is 12.1. The zero-order chi connectivity index (χ0) is 15.5. The molecule has 6 heteroatoms. The smallest absolute Gasteiger partial charge is 0.339 e. The van der Waals surface area contributed by atoms with Gasteiger partial charge in [0.15, 0.2) is 5.78 Å². The van der Waals surface area contributed by atoms with Crippen molar-refractivity contribution < 1.29 is 17.4 Å². The first-order valence-corrected chi connectivity index (χ1v) is 8.66. The van der Waals surface area contributed by atoms with Crippen molar-refractivity contribution in [3.63, 3.8) is 0 Å². The van der Waals surface area contributed by atoms with Gasteiger partial charge in [0.05, 0.1) is 5.33 Å². The molecule has 110 valence electrons. The number of rotatable bonds is 5. The number of Topliss-reactive ketones (excluding diaryl/α,β-unsaturated/α-hetero) is 1. The maximum Gasteiger partial charge on any atom is 0.339 e. The lowest BCUT2D eigenvalue weighted by Crippen LogP contribution is -2.10. The molecule has 4 nitrogen and oxygen atoms in total. The normalized spacial score (nSPS) is 11.1. The number of hydrogen-bond donors (Lipinski definition) is 0. The van der Waals surface area contributed by atoms with Crippen molar-refractivity contribution >= 4 is 31.8 Å². The van der Waals surface area contributed by atoms with Crippen molar-refractivity contribution in [2.45, 2.75) is 11.8 Å². The van der Waals surface area contributed by atoms with Crippen LogP contribution in [0.2, 0.25) is 0 Å². The van der Waals surface area contributed by atoms with E-state index in [-0.39, 0.29) is 21.8 Å². The number of hydrogen-bond acceptors (Lipinski definition) is 4.